The zero-order valence-electron chi connectivity index (χ0n) is 11.0. The second-order valence-corrected chi connectivity index (χ2v) is 6.09. The fourth-order valence-corrected chi connectivity index (χ4v) is 3.54. The van der Waals surface area contributed by atoms with E-state index in [-0.39, 0.29) is 0 Å². The van der Waals surface area contributed by atoms with Gasteiger partial charge in [0.05, 0.1) is 0 Å². The highest BCUT2D eigenvalue weighted by atomic mass is 15.2. The first-order valence-electron chi connectivity index (χ1n) is 7.16. The summed E-state index contributed by atoms with van der Waals surface area (Å²) in [6.45, 7) is 8.33. The maximum absolute atomic E-state index is 5.94. The topological polar surface area (TPSA) is 29.3 Å². The molecule has 0 spiro atoms. The van der Waals surface area contributed by atoms with Crippen molar-refractivity contribution in [3.05, 3.63) is 0 Å². The third kappa shape index (κ3) is 2.60. The Morgan fingerprint density at radius 2 is 1.81 bits per heavy atom. The largest absolute Gasteiger partial charge is 0.330 e. The van der Waals surface area contributed by atoms with E-state index >= 15 is 0 Å². The predicted molar refractivity (Wildman–Crippen MR) is 69.3 cm³/mol. The maximum atomic E-state index is 5.94. The maximum Gasteiger partial charge on any atom is 0.0136 e. The van der Waals surface area contributed by atoms with Crippen molar-refractivity contribution in [3.8, 4) is 0 Å². The third-order valence-electron chi connectivity index (χ3n) is 5.01. The Morgan fingerprint density at radius 1 is 1.06 bits per heavy atom. The van der Waals surface area contributed by atoms with Gasteiger partial charge in [-0.3, -0.25) is 4.90 Å². The van der Waals surface area contributed by atoms with Gasteiger partial charge in [-0.05, 0) is 50.1 Å². The number of hydrogen-bond acceptors (Lipinski definition) is 2. The standard InChI is InChI=1S/C14H28N2/c1-11-7-8-16(10-12(11)2)14-6-4-3-5-13(14)9-15/h11-14H,3-10,15H2,1-2H3. The number of rotatable bonds is 2. The molecule has 2 nitrogen and oxygen atoms in total. The van der Waals surface area contributed by atoms with Gasteiger partial charge < -0.3 is 5.73 Å². The minimum absolute atomic E-state index is 0.773. The molecule has 1 aliphatic heterocycles. The van der Waals surface area contributed by atoms with Gasteiger partial charge in [0, 0.05) is 12.6 Å². The molecule has 0 aromatic rings. The lowest BCUT2D eigenvalue weighted by atomic mass is 9.80. The number of nitrogens with two attached hydrogens (primary N) is 1. The Labute approximate surface area is 101 Å². The average Bonchev–Trinajstić information content (AvgIpc) is 2.32. The van der Waals surface area contributed by atoms with Crippen LogP contribution in [0, 0.1) is 17.8 Å². The molecular weight excluding hydrogens is 196 g/mol. The summed E-state index contributed by atoms with van der Waals surface area (Å²) >= 11 is 0. The van der Waals surface area contributed by atoms with Crippen LogP contribution >= 0.6 is 0 Å². The minimum atomic E-state index is 0.773. The Morgan fingerprint density at radius 3 is 2.50 bits per heavy atom. The van der Waals surface area contributed by atoms with E-state index in [0.29, 0.717) is 0 Å². The fraction of sp³-hybridized carbons (Fsp3) is 1.00. The molecule has 2 fully saturated rings. The third-order valence-corrected chi connectivity index (χ3v) is 5.01. The van der Waals surface area contributed by atoms with E-state index in [1.165, 1.54) is 45.2 Å². The zero-order valence-corrected chi connectivity index (χ0v) is 11.0. The Hall–Kier alpha value is -0.0800. The highest BCUT2D eigenvalue weighted by Gasteiger charge is 2.33. The monoisotopic (exact) mass is 224 g/mol. The Kier molecular flexibility index (Phi) is 4.26. The number of nitrogens with zero attached hydrogens (tertiary/aromatic N) is 1. The van der Waals surface area contributed by atoms with E-state index in [0.717, 1.165) is 30.3 Å². The van der Waals surface area contributed by atoms with Crippen LogP contribution in [0.2, 0.25) is 0 Å². The van der Waals surface area contributed by atoms with E-state index in [9.17, 15) is 0 Å². The highest BCUT2D eigenvalue weighted by Crippen LogP contribution is 2.32. The quantitative estimate of drug-likeness (QED) is 0.781. The molecule has 16 heavy (non-hydrogen) atoms. The van der Waals surface area contributed by atoms with Crippen molar-refractivity contribution in [2.24, 2.45) is 23.5 Å². The minimum Gasteiger partial charge on any atom is -0.330 e. The van der Waals surface area contributed by atoms with Gasteiger partial charge in [0.25, 0.3) is 0 Å². The molecule has 1 heterocycles. The SMILES string of the molecule is CC1CCN(C2CCCCC2CN)CC1C. The second-order valence-electron chi connectivity index (χ2n) is 6.09. The van der Waals surface area contributed by atoms with Crippen LogP contribution in [-0.4, -0.2) is 30.6 Å². The molecule has 1 saturated heterocycles. The molecule has 0 bridgehead atoms. The predicted octanol–water partition coefficient (Wildman–Crippen LogP) is 2.48. The molecule has 0 radical (unpaired) electrons. The first-order valence-corrected chi connectivity index (χ1v) is 7.16. The van der Waals surface area contributed by atoms with E-state index in [1.54, 1.807) is 0 Å². The number of likely N-dealkylation sites (tertiary alicyclic amines) is 1. The summed E-state index contributed by atoms with van der Waals surface area (Å²) in [5.74, 6) is 2.56. The van der Waals surface area contributed by atoms with E-state index < -0.39 is 0 Å². The van der Waals surface area contributed by atoms with Gasteiger partial charge in [-0.25, -0.2) is 0 Å². The van der Waals surface area contributed by atoms with Crippen LogP contribution in [0.1, 0.15) is 46.0 Å². The summed E-state index contributed by atoms with van der Waals surface area (Å²) in [6, 6.07) is 0.800. The van der Waals surface area contributed by atoms with E-state index in [4.69, 9.17) is 5.73 Å². The summed E-state index contributed by atoms with van der Waals surface area (Å²) < 4.78 is 0. The van der Waals surface area contributed by atoms with Crippen LogP contribution in [0.15, 0.2) is 0 Å². The van der Waals surface area contributed by atoms with Crippen LogP contribution in [-0.2, 0) is 0 Å². The summed E-state index contributed by atoms with van der Waals surface area (Å²) in [7, 11) is 0. The van der Waals surface area contributed by atoms with Gasteiger partial charge in [-0.1, -0.05) is 26.7 Å². The van der Waals surface area contributed by atoms with Crippen molar-refractivity contribution in [2.75, 3.05) is 19.6 Å². The van der Waals surface area contributed by atoms with Gasteiger partial charge in [-0.2, -0.15) is 0 Å². The Balaban J connectivity index is 1.95. The van der Waals surface area contributed by atoms with Gasteiger partial charge in [0.15, 0.2) is 0 Å². The van der Waals surface area contributed by atoms with Crippen molar-refractivity contribution in [2.45, 2.75) is 52.0 Å². The molecule has 2 N–H and O–H groups in total. The van der Waals surface area contributed by atoms with Crippen LogP contribution in [0.25, 0.3) is 0 Å². The van der Waals surface area contributed by atoms with Gasteiger partial charge >= 0.3 is 0 Å². The van der Waals surface area contributed by atoms with Gasteiger partial charge in [-0.15, -0.1) is 0 Å². The molecule has 1 saturated carbocycles. The van der Waals surface area contributed by atoms with Gasteiger partial charge in [0.1, 0.15) is 0 Å². The normalized spacial score (nSPS) is 42.2. The number of piperidine rings is 1. The summed E-state index contributed by atoms with van der Waals surface area (Å²) in [5.41, 5.74) is 5.94. The van der Waals surface area contributed by atoms with Crippen molar-refractivity contribution in [1.82, 2.24) is 4.90 Å². The summed E-state index contributed by atoms with van der Waals surface area (Å²) in [4.78, 5) is 2.75. The molecule has 94 valence electrons. The van der Waals surface area contributed by atoms with Gasteiger partial charge in [0.2, 0.25) is 0 Å². The first-order chi connectivity index (χ1) is 7.72. The Bertz CT molecular complexity index is 217. The molecule has 0 aromatic heterocycles. The second kappa shape index (κ2) is 5.50. The highest BCUT2D eigenvalue weighted by molar-refractivity contribution is 4.87. The lowest BCUT2D eigenvalue weighted by Gasteiger charge is -2.44. The van der Waals surface area contributed by atoms with E-state index in [1.807, 2.05) is 0 Å². The lowest BCUT2D eigenvalue weighted by molar-refractivity contribution is 0.0478. The molecule has 2 aliphatic rings. The smallest absolute Gasteiger partial charge is 0.0136 e. The molecule has 2 rings (SSSR count). The molecular formula is C14H28N2. The van der Waals surface area contributed by atoms with Crippen molar-refractivity contribution >= 4 is 0 Å². The summed E-state index contributed by atoms with van der Waals surface area (Å²) in [6.07, 6.45) is 6.96. The molecule has 0 aromatic carbocycles. The fourth-order valence-electron chi connectivity index (χ4n) is 3.54. The number of hydrogen-bond donors (Lipinski definition) is 1. The van der Waals surface area contributed by atoms with Crippen LogP contribution < -0.4 is 5.73 Å². The van der Waals surface area contributed by atoms with Crippen molar-refractivity contribution in [1.29, 1.82) is 0 Å². The van der Waals surface area contributed by atoms with Crippen LogP contribution in [0.5, 0.6) is 0 Å². The van der Waals surface area contributed by atoms with E-state index in [2.05, 4.69) is 18.7 Å². The molecule has 1 aliphatic carbocycles. The van der Waals surface area contributed by atoms with Crippen molar-refractivity contribution in [3.63, 3.8) is 0 Å². The average molecular weight is 224 g/mol. The molecule has 0 amide bonds. The van der Waals surface area contributed by atoms with Crippen LogP contribution in [0.4, 0.5) is 0 Å². The molecule has 4 atom stereocenters. The molecule has 4 unspecified atom stereocenters. The first kappa shape index (κ1) is 12.4. The zero-order chi connectivity index (χ0) is 11.5. The summed E-state index contributed by atoms with van der Waals surface area (Å²) in [5, 5.41) is 0. The van der Waals surface area contributed by atoms with Crippen molar-refractivity contribution < 1.29 is 0 Å². The lowest BCUT2D eigenvalue weighted by Crippen LogP contribution is -2.50. The van der Waals surface area contributed by atoms with Crippen LogP contribution in [0.3, 0.4) is 0 Å². The molecule has 2 heteroatoms.